The van der Waals surface area contributed by atoms with Gasteiger partial charge in [0.15, 0.2) is 0 Å². The van der Waals surface area contributed by atoms with Crippen LogP contribution in [0.2, 0.25) is 0 Å². The first-order chi connectivity index (χ1) is 9.68. The molecule has 0 aliphatic carbocycles. The van der Waals surface area contributed by atoms with E-state index < -0.39 is 0 Å². The van der Waals surface area contributed by atoms with E-state index >= 15 is 0 Å². The summed E-state index contributed by atoms with van der Waals surface area (Å²) in [5.74, 6) is 0.144. The second-order valence-corrected chi connectivity index (χ2v) is 5.57. The van der Waals surface area contributed by atoms with Crippen LogP contribution in [-0.2, 0) is 24.2 Å². The number of aromatic nitrogens is 1. The molecule has 0 spiro atoms. The van der Waals surface area contributed by atoms with E-state index in [1.54, 1.807) is 4.90 Å². The third-order valence-electron chi connectivity index (χ3n) is 4.08. The highest BCUT2D eigenvalue weighted by atomic mass is 16.2. The van der Waals surface area contributed by atoms with Crippen LogP contribution in [0, 0.1) is 0 Å². The Balaban J connectivity index is 2.14. The van der Waals surface area contributed by atoms with Crippen LogP contribution >= 0.6 is 0 Å². The fraction of sp³-hybridized carbons (Fsp3) is 0.438. The Morgan fingerprint density at radius 1 is 1.25 bits per heavy atom. The maximum Gasteiger partial charge on any atom is 0.242 e. The molecule has 0 radical (unpaired) electrons. The average molecular weight is 271 g/mol. The van der Waals surface area contributed by atoms with Gasteiger partial charge in [-0.1, -0.05) is 18.2 Å². The van der Waals surface area contributed by atoms with Crippen molar-refractivity contribution in [3.05, 3.63) is 35.5 Å². The van der Waals surface area contributed by atoms with E-state index in [1.807, 2.05) is 14.1 Å². The van der Waals surface area contributed by atoms with E-state index in [-0.39, 0.29) is 5.91 Å². The zero-order valence-corrected chi connectivity index (χ0v) is 12.1. The van der Waals surface area contributed by atoms with E-state index in [2.05, 4.69) is 34.1 Å². The number of nitrogens with one attached hydrogen (secondary N) is 1. The summed E-state index contributed by atoms with van der Waals surface area (Å²) < 4.78 is 2.21. The van der Waals surface area contributed by atoms with Crippen molar-refractivity contribution >= 4 is 16.8 Å². The van der Waals surface area contributed by atoms with Crippen molar-refractivity contribution < 1.29 is 4.79 Å². The van der Waals surface area contributed by atoms with Gasteiger partial charge in [-0.15, -0.1) is 0 Å². The highest BCUT2D eigenvalue weighted by molar-refractivity contribution is 5.87. The van der Waals surface area contributed by atoms with E-state index in [1.165, 1.54) is 22.2 Å². The summed E-state index contributed by atoms with van der Waals surface area (Å²) in [5.41, 5.74) is 3.93. The lowest BCUT2D eigenvalue weighted by molar-refractivity contribution is -0.129. The van der Waals surface area contributed by atoms with Crippen LogP contribution in [0.1, 0.15) is 11.3 Å². The number of hydrogen-bond donors (Lipinski definition) is 1. The Morgan fingerprint density at radius 2 is 2.00 bits per heavy atom. The quantitative estimate of drug-likeness (QED) is 0.897. The minimum atomic E-state index is 0.144. The Bertz CT molecular complexity index is 642. The molecular weight excluding hydrogens is 250 g/mol. The number of nitrogens with zero attached hydrogens (tertiary/aromatic N) is 2. The molecule has 2 aromatic rings. The van der Waals surface area contributed by atoms with Crippen LogP contribution in [0.4, 0.5) is 0 Å². The van der Waals surface area contributed by atoms with Crippen LogP contribution in [0.5, 0.6) is 0 Å². The predicted molar refractivity (Wildman–Crippen MR) is 80.9 cm³/mol. The summed E-state index contributed by atoms with van der Waals surface area (Å²) in [5, 5.41) is 4.74. The molecule has 20 heavy (non-hydrogen) atoms. The Labute approximate surface area is 119 Å². The number of benzene rings is 1. The number of fused-ring (bicyclic) bond motifs is 3. The first kappa shape index (κ1) is 13.2. The van der Waals surface area contributed by atoms with Crippen molar-refractivity contribution in [2.24, 2.45) is 0 Å². The topological polar surface area (TPSA) is 37.3 Å². The summed E-state index contributed by atoms with van der Waals surface area (Å²) in [7, 11) is 3.63. The molecule has 1 aromatic carbocycles. The molecule has 3 rings (SSSR count). The van der Waals surface area contributed by atoms with E-state index in [0.29, 0.717) is 6.54 Å². The van der Waals surface area contributed by atoms with Gasteiger partial charge >= 0.3 is 0 Å². The molecule has 4 nitrogen and oxygen atoms in total. The molecule has 0 saturated carbocycles. The van der Waals surface area contributed by atoms with Crippen molar-refractivity contribution in [1.82, 2.24) is 14.8 Å². The predicted octanol–water partition coefficient (Wildman–Crippen LogP) is 1.42. The number of carbonyl (C=O) groups is 1. The first-order valence-electron chi connectivity index (χ1n) is 7.18. The molecular formula is C16H21N3O. The van der Waals surface area contributed by atoms with Gasteiger partial charge in [0.05, 0.1) is 0 Å². The van der Waals surface area contributed by atoms with Crippen LogP contribution in [0.3, 0.4) is 0 Å². The van der Waals surface area contributed by atoms with Gasteiger partial charge in [-0.25, -0.2) is 0 Å². The molecule has 1 N–H and O–H groups in total. The maximum absolute atomic E-state index is 12.1. The van der Waals surface area contributed by atoms with Gasteiger partial charge in [-0.05, 0) is 24.6 Å². The van der Waals surface area contributed by atoms with Gasteiger partial charge in [-0.2, -0.15) is 0 Å². The van der Waals surface area contributed by atoms with Gasteiger partial charge in [0.1, 0.15) is 6.54 Å². The lowest BCUT2D eigenvalue weighted by atomic mass is 10.1. The van der Waals surface area contributed by atoms with Crippen molar-refractivity contribution in [2.75, 3.05) is 27.2 Å². The Hall–Kier alpha value is -1.81. The first-order valence-corrected chi connectivity index (χ1v) is 7.18. The molecule has 2 heterocycles. The maximum atomic E-state index is 12.1. The molecule has 0 atom stereocenters. The Kier molecular flexibility index (Phi) is 3.49. The van der Waals surface area contributed by atoms with Crippen molar-refractivity contribution in [2.45, 2.75) is 19.4 Å². The fourth-order valence-corrected chi connectivity index (χ4v) is 3.00. The molecule has 1 amide bonds. The molecule has 0 saturated heterocycles. The van der Waals surface area contributed by atoms with E-state index in [4.69, 9.17) is 0 Å². The highest BCUT2D eigenvalue weighted by Gasteiger charge is 2.20. The zero-order chi connectivity index (χ0) is 14.1. The van der Waals surface area contributed by atoms with Crippen molar-refractivity contribution in [3.8, 4) is 0 Å². The highest BCUT2D eigenvalue weighted by Crippen LogP contribution is 2.28. The zero-order valence-electron chi connectivity index (χ0n) is 12.1. The van der Waals surface area contributed by atoms with Crippen LogP contribution in [0.25, 0.3) is 10.9 Å². The molecule has 4 heteroatoms. The Morgan fingerprint density at radius 3 is 2.80 bits per heavy atom. The van der Waals surface area contributed by atoms with Crippen molar-refractivity contribution in [3.63, 3.8) is 0 Å². The van der Waals surface area contributed by atoms with E-state index in [9.17, 15) is 4.79 Å². The lowest BCUT2D eigenvalue weighted by Crippen LogP contribution is -2.27. The molecule has 106 valence electrons. The lowest BCUT2D eigenvalue weighted by Gasteiger charge is -2.14. The molecule has 0 unspecified atom stereocenters. The number of carbonyl (C=O) groups excluding carboxylic acids is 1. The number of hydrogen-bond acceptors (Lipinski definition) is 2. The van der Waals surface area contributed by atoms with Gasteiger partial charge in [0.25, 0.3) is 0 Å². The number of likely N-dealkylation sites (N-methyl/N-ethyl adjacent to an activating group) is 1. The summed E-state index contributed by atoms with van der Waals surface area (Å²) in [6.45, 7) is 2.44. The van der Waals surface area contributed by atoms with Crippen LogP contribution < -0.4 is 5.32 Å². The largest absolute Gasteiger partial charge is 0.347 e. The second-order valence-electron chi connectivity index (χ2n) is 5.57. The fourth-order valence-electron chi connectivity index (χ4n) is 3.00. The number of amides is 1. The molecule has 0 bridgehead atoms. The third-order valence-corrected chi connectivity index (χ3v) is 4.08. The number of para-hydroxylation sites is 1. The van der Waals surface area contributed by atoms with Gasteiger partial charge in [0.2, 0.25) is 5.91 Å². The van der Waals surface area contributed by atoms with Crippen LogP contribution in [0.15, 0.2) is 24.3 Å². The van der Waals surface area contributed by atoms with Gasteiger partial charge < -0.3 is 14.8 Å². The number of rotatable bonds is 2. The smallest absolute Gasteiger partial charge is 0.242 e. The average Bonchev–Trinajstić information content (AvgIpc) is 2.62. The van der Waals surface area contributed by atoms with E-state index in [0.717, 1.165) is 25.9 Å². The standard InChI is InChI=1S/C16H21N3O/c1-18(2)16(20)11-19-14-6-4-3-5-12(14)13-7-9-17-10-8-15(13)19/h3-6,17H,7-11H2,1-2H3. The summed E-state index contributed by atoms with van der Waals surface area (Å²) in [4.78, 5) is 13.8. The third kappa shape index (κ3) is 2.20. The molecule has 0 fully saturated rings. The molecule has 1 aliphatic rings. The van der Waals surface area contributed by atoms with Gasteiger partial charge in [0, 0.05) is 43.7 Å². The van der Waals surface area contributed by atoms with Crippen LogP contribution in [-0.4, -0.2) is 42.6 Å². The SMILES string of the molecule is CN(C)C(=O)Cn1c2c(c3ccccc31)CCNCC2. The van der Waals surface area contributed by atoms with Gasteiger partial charge in [-0.3, -0.25) is 4.79 Å². The minimum absolute atomic E-state index is 0.144. The van der Waals surface area contributed by atoms with Crippen molar-refractivity contribution in [1.29, 1.82) is 0 Å². The normalized spacial score (nSPS) is 14.9. The monoisotopic (exact) mass is 271 g/mol. The summed E-state index contributed by atoms with van der Waals surface area (Å²) in [6, 6.07) is 8.44. The minimum Gasteiger partial charge on any atom is -0.347 e. The molecule has 1 aromatic heterocycles. The summed E-state index contributed by atoms with van der Waals surface area (Å²) >= 11 is 0. The second kappa shape index (κ2) is 5.29. The molecule has 1 aliphatic heterocycles. The summed E-state index contributed by atoms with van der Waals surface area (Å²) in [6.07, 6.45) is 2.03.